The summed E-state index contributed by atoms with van der Waals surface area (Å²) in [7, 11) is 4.08. The lowest BCUT2D eigenvalue weighted by Crippen LogP contribution is -2.21. The van der Waals surface area contributed by atoms with E-state index in [0.29, 0.717) is 42.5 Å². The minimum atomic E-state index is -0.945. The van der Waals surface area contributed by atoms with Crippen LogP contribution in [0, 0.1) is 5.82 Å². The number of ether oxygens (including phenoxy) is 1. The summed E-state index contributed by atoms with van der Waals surface area (Å²) in [5, 5.41) is 18.6. The van der Waals surface area contributed by atoms with Crippen molar-refractivity contribution in [3.63, 3.8) is 0 Å². The maximum Gasteiger partial charge on any atom is 0.352 e. The molecule has 3 aromatic carbocycles. The van der Waals surface area contributed by atoms with Crippen LogP contribution >= 0.6 is 11.6 Å². The molecule has 1 N–H and O–H groups in total. The van der Waals surface area contributed by atoms with E-state index in [1.165, 1.54) is 12.1 Å². The highest BCUT2D eigenvalue weighted by atomic mass is 35.5. The SMILES string of the molecule is CCc1nn(C)c2c1-c1c(Cl)ccc3c(CCCOc4cccc5cc(F)ccc45)c(C(=O)O)n(c13)CCCCN(C)C2. The summed E-state index contributed by atoms with van der Waals surface area (Å²) in [5.41, 5.74) is 5.87. The van der Waals surface area contributed by atoms with Crippen molar-refractivity contribution in [1.29, 1.82) is 0 Å². The highest BCUT2D eigenvalue weighted by Crippen LogP contribution is 2.43. The van der Waals surface area contributed by atoms with Crippen molar-refractivity contribution in [1.82, 2.24) is 19.2 Å². The van der Waals surface area contributed by atoms with E-state index < -0.39 is 5.97 Å². The molecule has 1 aliphatic heterocycles. The van der Waals surface area contributed by atoms with Crippen molar-refractivity contribution in [2.75, 3.05) is 20.2 Å². The van der Waals surface area contributed by atoms with E-state index in [9.17, 15) is 14.3 Å². The molecule has 2 aromatic heterocycles. The monoisotopic (exact) mass is 602 g/mol. The average molecular weight is 603 g/mol. The molecule has 9 heteroatoms. The van der Waals surface area contributed by atoms with Crippen molar-refractivity contribution < 1.29 is 19.0 Å². The molecule has 0 aliphatic carbocycles. The quantitative estimate of drug-likeness (QED) is 0.195. The lowest BCUT2D eigenvalue weighted by molar-refractivity contribution is 0.0684. The predicted octanol–water partition coefficient (Wildman–Crippen LogP) is 7.49. The molecule has 0 amide bonds. The fraction of sp³-hybridized carbons (Fsp3) is 0.353. The lowest BCUT2D eigenvalue weighted by atomic mass is 9.97. The van der Waals surface area contributed by atoms with Gasteiger partial charge in [-0.25, -0.2) is 9.18 Å². The van der Waals surface area contributed by atoms with Crippen molar-refractivity contribution in [3.8, 4) is 16.9 Å². The van der Waals surface area contributed by atoms with Crippen molar-refractivity contribution in [3.05, 3.63) is 82.0 Å². The summed E-state index contributed by atoms with van der Waals surface area (Å²) in [5.74, 6) is -0.549. The van der Waals surface area contributed by atoms with Gasteiger partial charge < -0.3 is 19.3 Å². The molecular formula is C34H36ClFN4O3. The number of benzene rings is 3. The number of nitrogens with zero attached hydrogens (tertiary/aromatic N) is 4. The van der Waals surface area contributed by atoms with Crippen LogP contribution in [0.2, 0.25) is 5.02 Å². The number of halogens is 2. The number of rotatable bonds is 7. The van der Waals surface area contributed by atoms with E-state index in [0.717, 1.165) is 82.1 Å². The Kier molecular flexibility index (Phi) is 8.16. The molecule has 7 nitrogen and oxygen atoms in total. The van der Waals surface area contributed by atoms with Gasteiger partial charge in [-0.15, -0.1) is 0 Å². The summed E-state index contributed by atoms with van der Waals surface area (Å²) in [6, 6.07) is 14.1. The Morgan fingerprint density at radius 3 is 2.65 bits per heavy atom. The van der Waals surface area contributed by atoms with Gasteiger partial charge in [-0.05, 0) is 87.0 Å². The van der Waals surface area contributed by atoms with Gasteiger partial charge in [-0.1, -0.05) is 36.7 Å². The molecule has 0 atom stereocenters. The first-order valence-corrected chi connectivity index (χ1v) is 15.3. The second-order valence-corrected chi connectivity index (χ2v) is 11.8. The second-order valence-electron chi connectivity index (χ2n) is 11.4. The van der Waals surface area contributed by atoms with Gasteiger partial charge in [0.1, 0.15) is 17.3 Å². The number of hydrogen-bond donors (Lipinski definition) is 1. The fourth-order valence-corrected chi connectivity index (χ4v) is 6.80. The van der Waals surface area contributed by atoms with Crippen LogP contribution < -0.4 is 4.74 Å². The molecule has 0 fully saturated rings. The highest BCUT2D eigenvalue weighted by Gasteiger charge is 2.29. The van der Waals surface area contributed by atoms with Gasteiger partial charge in [0, 0.05) is 42.0 Å². The Morgan fingerprint density at radius 1 is 1.07 bits per heavy atom. The Morgan fingerprint density at radius 2 is 1.86 bits per heavy atom. The molecule has 5 aromatic rings. The maximum atomic E-state index is 13.7. The van der Waals surface area contributed by atoms with E-state index >= 15 is 0 Å². The van der Waals surface area contributed by atoms with Gasteiger partial charge in [0.25, 0.3) is 0 Å². The molecule has 0 unspecified atom stereocenters. The van der Waals surface area contributed by atoms with Crippen LogP contribution in [0.5, 0.6) is 5.75 Å². The number of carboxylic acid groups (broad SMARTS) is 1. The summed E-state index contributed by atoms with van der Waals surface area (Å²) >= 11 is 7.01. The molecule has 6 rings (SSSR count). The van der Waals surface area contributed by atoms with Crippen LogP contribution in [-0.4, -0.2) is 50.5 Å². The van der Waals surface area contributed by atoms with Gasteiger partial charge >= 0.3 is 5.97 Å². The third kappa shape index (κ3) is 5.38. The Bertz CT molecular complexity index is 1840. The van der Waals surface area contributed by atoms with Gasteiger partial charge in [0.2, 0.25) is 0 Å². The van der Waals surface area contributed by atoms with E-state index in [4.69, 9.17) is 21.4 Å². The van der Waals surface area contributed by atoms with Crippen LogP contribution in [-0.2, 0) is 33.0 Å². The summed E-state index contributed by atoms with van der Waals surface area (Å²) < 4.78 is 23.8. The number of hydrogen-bond acceptors (Lipinski definition) is 4. The largest absolute Gasteiger partial charge is 0.493 e. The molecule has 43 heavy (non-hydrogen) atoms. The third-order valence-electron chi connectivity index (χ3n) is 8.53. The Labute approximate surface area is 255 Å². The van der Waals surface area contributed by atoms with Crippen LogP contribution in [0.4, 0.5) is 4.39 Å². The topological polar surface area (TPSA) is 72.5 Å². The standard InChI is InChI=1S/C34H36ClFN4O3/c1-4-27-31-28(39(3)37-27)20-38(2)16-5-6-17-40-32-25(14-15-26(35)30(31)32)24(33(40)34(41)42)10-8-18-43-29-11-7-9-21-19-22(36)12-13-23(21)29/h7,9,11-15,19H,4-6,8,10,16-18,20H2,1-3H3,(H,41,42). The van der Waals surface area contributed by atoms with Gasteiger partial charge in [0.15, 0.2) is 0 Å². The van der Waals surface area contributed by atoms with Gasteiger partial charge in [-0.3, -0.25) is 4.68 Å². The first kappa shape index (κ1) is 29.2. The van der Waals surface area contributed by atoms with E-state index in [1.807, 2.05) is 46.6 Å². The minimum Gasteiger partial charge on any atom is -0.493 e. The normalized spacial score (nSPS) is 14.2. The molecule has 3 heterocycles. The van der Waals surface area contributed by atoms with E-state index in [1.54, 1.807) is 6.07 Å². The Balaban J connectivity index is 1.43. The first-order valence-electron chi connectivity index (χ1n) is 14.9. The number of aromatic carboxylic acids is 1. The molecule has 0 bridgehead atoms. The zero-order valence-corrected chi connectivity index (χ0v) is 25.5. The van der Waals surface area contributed by atoms with Gasteiger partial charge in [0.05, 0.1) is 28.5 Å². The van der Waals surface area contributed by atoms with Crippen LogP contribution in [0.3, 0.4) is 0 Å². The van der Waals surface area contributed by atoms with Crippen LogP contribution in [0.1, 0.15) is 53.6 Å². The first-order chi connectivity index (χ1) is 20.8. The average Bonchev–Trinajstić information content (AvgIpc) is 3.45. The minimum absolute atomic E-state index is 0.288. The molecule has 224 valence electrons. The zero-order chi connectivity index (χ0) is 30.2. The molecule has 0 saturated heterocycles. The number of aromatic nitrogens is 3. The molecule has 0 radical (unpaired) electrons. The number of fused-ring (bicyclic) bond motifs is 3. The molecule has 1 aliphatic rings. The Hall–Kier alpha value is -3.88. The van der Waals surface area contributed by atoms with Crippen LogP contribution in [0.25, 0.3) is 32.8 Å². The highest BCUT2D eigenvalue weighted by molar-refractivity contribution is 6.35. The smallest absolute Gasteiger partial charge is 0.352 e. The zero-order valence-electron chi connectivity index (χ0n) is 24.8. The third-order valence-corrected chi connectivity index (χ3v) is 8.84. The lowest BCUT2D eigenvalue weighted by Gasteiger charge is -2.18. The summed E-state index contributed by atoms with van der Waals surface area (Å²) in [4.78, 5) is 15.2. The van der Waals surface area contributed by atoms with Crippen LogP contribution in [0.15, 0.2) is 48.5 Å². The van der Waals surface area contributed by atoms with E-state index in [-0.39, 0.29) is 5.82 Å². The molecule has 0 spiro atoms. The molecule has 0 saturated carbocycles. The summed E-state index contributed by atoms with van der Waals surface area (Å²) in [6.07, 6.45) is 3.65. The van der Waals surface area contributed by atoms with Gasteiger partial charge in [-0.2, -0.15) is 5.10 Å². The maximum absolute atomic E-state index is 13.7. The predicted molar refractivity (Wildman–Crippen MR) is 169 cm³/mol. The van der Waals surface area contributed by atoms with Crippen molar-refractivity contribution in [2.45, 2.75) is 52.1 Å². The summed E-state index contributed by atoms with van der Waals surface area (Å²) in [6.45, 7) is 4.68. The van der Waals surface area contributed by atoms with E-state index in [2.05, 4.69) is 18.9 Å². The number of carbonyl (C=O) groups is 1. The second kappa shape index (κ2) is 12.0. The fourth-order valence-electron chi connectivity index (χ4n) is 6.56. The van der Waals surface area contributed by atoms with Crippen molar-refractivity contribution >= 4 is 39.2 Å². The number of aryl methyl sites for hydroxylation is 4. The van der Waals surface area contributed by atoms with Crippen molar-refractivity contribution in [2.24, 2.45) is 7.05 Å². The molecular weight excluding hydrogens is 567 g/mol. The number of carboxylic acids is 1.